The Hall–Kier alpha value is -0.603. The molecule has 0 aromatic carbocycles. The van der Waals surface area contributed by atoms with Crippen LogP contribution in [0.1, 0.15) is 0 Å². The summed E-state index contributed by atoms with van der Waals surface area (Å²) in [5.41, 5.74) is 4.52. The van der Waals surface area contributed by atoms with Gasteiger partial charge in [0.15, 0.2) is 5.65 Å². The highest BCUT2D eigenvalue weighted by Crippen LogP contribution is 2.32. The van der Waals surface area contributed by atoms with Crippen LogP contribution in [0.5, 0.6) is 0 Å². The number of hydrogen-bond donors (Lipinski definition) is 0. The third-order valence-electron chi connectivity index (χ3n) is 2.87. The Morgan fingerprint density at radius 2 is 1.95 bits per heavy atom. The summed E-state index contributed by atoms with van der Waals surface area (Å²) in [6.07, 6.45) is 2.40. The molecule has 5 rings (SSSR count). The van der Waals surface area contributed by atoms with Gasteiger partial charge in [-0.05, 0) is 16.6 Å². The minimum absolute atomic E-state index is 0.472. The molecule has 0 bridgehead atoms. The molecule has 0 saturated carbocycles. The van der Waals surface area contributed by atoms with Gasteiger partial charge in [-0.15, -0.1) is 45.8 Å². The lowest BCUT2D eigenvalue weighted by molar-refractivity contribution is 1.37. The van der Waals surface area contributed by atoms with Crippen molar-refractivity contribution in [1.29, 1.82) is 0 Å². The standard InChI is InChI=1S/C8H6S2Si.C4H2N2S2/c1-3-10-8-5(1)7-6(11-8)2-4-9-7;1-5-3-4(7-1)8-2-6-3/h1-3,11H,4H2;1-2H. The molecule has 3 aromatic heterocycles. The fourth-order valence-corrected chi connectivity index (χ4v) is 7.95. The summed E-state index contributed by atoms with van der Waals surface area (Å²) >= 11 is 7.22. The van der Waals surface area contributed by atoms with Gasteiger partial charge >= 0.3 is 0 Å². The highest BCUT2D eigenvalue weighted by molar-refractivity contribution is 8.08. The summed E-state index contributed by atoms with van der Waals surface area (Å²) in [6.45, 7) is 0. The van der Waals surface area contributed by atoms with Crippen molar-refractivity contribution >= 4 is 69.5 Å². The number of fused-ring (bicyclic) bond motifs is 3. The molecule has 3 aromatic rings. The molecule has 0 aliphatic carbocycles. The quantitative estimate of drug-likeness (QED) is 0.590. The van der Waals surface area contributed by atoms with Crippen LogP contribution in [0.2, 0.25) is 0 Å². The zero-order valence-electron chi connectivity index (χ0n) is 9.70. The predicted molar refractivity (Wildman–Crippen MR) is 89.2 cm³/mol. The minimum Gasteiger partial charge on any atom is -0.224 e. The van der Waals surface area contributed by atoms with Crippen molar-refractivity contribution in [2.24, 2.45) is 0 Å². The first-order chi connectivity index (χ1) is 9.42. The van der Waals surface area contributed by atoms with Crippen LogP contribution in [0.4, 0.5) is 0 Å². The lowest BCUT2D eigenvalue weighted by atomic mass is 10.4. The third kappa shape index (κ3) is 2.19. The molecule has 0 unspecified atom stereocenters. The Kier molecular flexibility index (Phi) is 3.24. The molecule has 19 heavy (non-hydrogen) atoms. The number of rotatable bonds is 0. The van der Waals surface area contributed by atoms with E-state index in [1.54, 1.807) is 42.1 Å². The maximum Gasteiger partial charge on any atom is 0.181 e. The summed E-state index contributed by atoms with van der Waals surface area (Å²) in [6, 6.07) is 2.28. The van der Waals surface area contributed by atoms with Gasteiger partial charge < -0.3 is 0 Å². The van der Waals surface area contributed by atoms with E-state index >= 15 is 0 Å². The lowest BCUT2D eigenvalue weighted by Crippen LogP contribution is -1.94. The maximum atomic E-state index is 4.00. The van der Waals surface area contributed by atoms with E-state index in [1.165, 1.54) is 9.77 Å². The number of thiophene rings is 1. The van der Waals surface area contributed by atoms with Crippen LogP contribution < -0.4 is 5.22 Å². The van der Waals surface area contributed by atoms with Crippen LogP contribution in [-0.2, 0) is 0 Å². The van der Waals surface area contributed by atoms with E-state index in [-0.39, 0.29) is 0 Å². The van der Waals surface area contributed by atoms with Crippen LogP contribution >= 0.6 is 45.8 Å². The Bertz CT molecular complexity index is 835. The van der Waals surface area contributed by atoms with Crippen molar-refractivity contribution in [3.8, 4) is 0 Å². The first-order valence-electron chi connectivity index (χ1n) is 5.67. The number of thioether (sulfide) groups is 1. The van der Waals surface area contributed by atoms with Gasteiger partial charge in [0, 0.05) is 20.0 Å². The average molecular weight is 337 g/mol. The normalized spacial score (nSPS) is 15.6. The summed E-state index contributed by atoms with van der Waals surface area (Å²) in [5.74, 6) is 1.22. The second-order valence-electron chi connectivity index (χ2n) is 3.96. The van der Waals surface area contributed by atoms with Gasteiger partial charge in [-0.3, -0.25) is 0 Å². The summed E-state index contributed by atoms with van der Waals surface area (Å²) in [7, 11) is 0.472. The number of thiazole rings is 2. The Labute approximate surface area is 128 Å². The molecule has 7 heteroatoms. The molecular weight excluding hydrogens is 328 g/mol. The van der Waals surface area contributed by atoms with E-state index in [4.69, 9.17) is 0 Å². The van der Waals surface area contributed by atoms with Crippen molar-refractivity contribution in [2.75, 3.05) is 5.75 Å². The van der Waals surface area contributed by atoms with E-state index in [2.05, 4.69) is 27.5 Å². The van der Waals surface area contributed by atoms with Gasteiger partial charge in [-0.25, -0.2) is 9.97 Å². The molecule has 0 amide bonds. The molecule has 5 heterocycles. The average Bonchev–Trinajstić information content (AvgIpc) is 3.14. The summed E-state index contributed by atoms with van der Waals surface area (Å²) in [4.78, 5) is 9.59. The van der Waals surface area contributed by atoms with Crippen LogP contribution in [0, 0.1) is 4.13 Å². The molecule has 0 N–H and O–H groups in total. The first-order valence-corrected chi connectivity index (χ1v) is 10.5. The van der Waals surface area contributed by atoms with Gasteiger partial charge in [0.25, 0.3) is 0 Å². The second kappa shape index (κ2) is 5.06. The van der Waals surface area contributed by atoms with Crippen LogP contribution in [0.3, 0.4) is 0 Å². The monoisotopic (exact) mass is 336 g/mol. The molecule has 2 aliphatic rings. The number of nitrogens with zero attached hydrogens (tertiary/aromatic N) is 2. The molecule has 0 atom stereocenters. The summed E-state index contributed by atoms with van der Waals surface area (Å²) in [5, 5.41) is 5.44. The Morgan fingerprint density at radius 3 is 2.74 bits per heavy atom. The van der Waals surface area contributed by atoms with E-state index < -0.39 is 0 Å². The topological polar surface area (TPSA) is 25.8 Å². The van der Waals surface area contributed by atoms with Gasteiger partial charge in [0.05, 0.1) is 20.2 Å². The number of hydrogen-bond acceptors (Lipinski definition) is 6. The molecule has 0 saturated heterocycles. The number of aromatic nitrogens is 2. The molecule has 2 nitrogen and oxygen atoms in total. The molecule has 0 spiro atoms. The maximum absolute atomic E-state index is 4.00. The second-order valence-corrected chi connectivity index (χ2v) is 9.81. The molecule has 0 fully saturated rings. The third-order valence-corrected chi connectivity index (χ3v) is 8.87. The molecular formula is C12H8N2S4Si. The molecule has 2 aliphatic heterocycles. The van der Waals surface area contributed by atoms with Crippen molar-refractivity contribution < 1.29 is 0 Å². The highest BCUT2D eigenvalue weighted by atomic mass is 32.2. The van der Waals surface area contributed by atoms with Crippen LogP contribution in [0.25, 0.3) is 14.6 Å². The Morgan fingerprint density at radius 1 is 1.11 bits per heavy atom. The Balaban J connectivity index is 0.000000107. The van der Waals surface area contributed by atoms with Crippen molar-refractivity contribution in [3.63, 3.8) is 0 Å². The largest absolute Gasteiger partial charge is 0.224 e. The van der Waals surface area contributed by atoms with Crippen molar-refractivity contribution in [1.82, 2.24) is 9.97 Å². The zero-order valence-corrected chi connectivity index (χ0v) is 14.1. The van der Waals surface area contributed by atoms with Crippen LogP contribution in [-0.4, -0.2) is 24.9 Å². The fraction of sp³-hybridized carbons (Fsp3) is 0.0833. The van der Waals surface area contributed by atoms with E-state index in [1.807, 2.05) is 34.1 Å². The SMILES string of the molecule is C1=C2[SiH]=c3sccc3=C2SC1.c1nc2ncsc2s1. The van der Waals surface area contributed by atoms with Gasteiger partial charge in [-0.1, -0.05) is 6.08 Å². The first kappa shape index (κ1) is 12.2. The smallest absolute Gasteiger partial charge is 0.181 e. The van der Waals surface area contributed by atoms with Crippen LogP contribution in [0.15, 0.2) is 33.7 Å². The highest BCUT2D eigenvalue weighted by Gasteiger charge is 2.15. The van der Waals surface area contributed by atoms with Crippen molar-refractivity contribution in [2.45, 2.75) is 0 Å². The molecule has 0 radical (unpaired) electrons. The van der Waals surface area contributed by atoms with Crippen molar-refractivity contribution in [3.05, 3.63) is 43.1 Å². The van der Waals surface area contributed by atoms with E-state index in [9.17, 15) is 0 Å². The van der Waals surface area contributed by atoms with Gasteiger partial charge in [0.1, 0.15) is 4.01 Å². The van der Waals surface area contributed by atoms with E-state index in [0.717, 1.165) is 5.65 Å². The van der Waals surface area contributed by atoms with E-state index in [0.29, 0.717) is 9.13 Å². The van der Waals surface area contributed by atoms with Gasteiger partial charge in [-0.2, -0.15) is 0 Å². The lowest BCUT2D eigenvalue weighted by Gasteiger charge is -1.89. The predicted octanol–water partition coefficient (Wildman–Crippen LogP) is 2.94. The van der Waals surface area contributed by atoms with Gasteiger partial charge in [0.2, 0.25) is 0 Å². The summed E-state index contributed by atoms with van der Waals surface area (Å²) < 4.78 is 2.86. The molecule has 94 valence electrons. The zero-order chi connectivity index (χ0) is 12.7. The minimum atomic E-state index is 0.472. The fourth-order valence-electron chi connectivity index (χ4n) is 2.03.